The molecule has 1 aromatic rings. The molecule has 2 aliphatic heterocycles. The van der Waals surface area contributed by atoms with Gasteiger partial charge < -0.3 is 19.9 Å². The van der Waals surface area contributed by atoms with Crippen molar-refractivity contribution in [3.05, 3.63) is 24.3 Å². The molecule has 0 aromatic heterocycles. The highest BCUT2D eigenvalue weighted by molar-refractivity contribution is 5.58. The molecule has 116 valence electrons. The second kappa shape index (κ2) is 6.67. The molecule has 2 heterocycles. The van der Waals surface area contributed by atoms with Gasteiger partial charge in [-0.1, -0.05) is 13.0 Å². The van der Waals surface area contributed by atoms with Crippen LogP contribution in [0.1, 0.15) is 20.3 Å². The van der Waals surface area contributed by atoms with Crippen LogP contribution < -0.4 is 10.2 Å². The molecule has 21 heavy (non-hydrogen) atoms. The van der Waals surface area contributed by atoms with Gasteiger partial charge in [-0.3, -0.25) is 0 Å². The number of ether oxygens (including phenoxy) is 1. The molecule has 0 bridgehead atoms. The van der Waals surface area contributed by atoms with E-state index in [0.29, 0.717) is 12.1 Å². The van der Waals surface area contributed by atoms with Gasteiger partial charge in [0.15, 0.2) is 0 Å². The quantitative estimate of drug-likeness (QED) is 0.921. The standard InChI is InChI=1S/C17H27N3O/c1-3-19-8-10-20(11-9-19)16-6-4-5-15(13-16)18-17-7-12-21-14(17)2/h4-6,13-14,17-18H,3,7-12H2,1-2H3/t14-,17+/m1/s1. The van der Waals surface area contributed by atoms with E-state index in [1.165, 1.54) is 24.5 Å². The lowest BCUT2D eigenvalue weighted by molar-refractivity contribution is 0.121. The van der Waals surface area contributed by atoms with Crippen molar-refractivity contribution < 1.29 is 4.74 Å². The molecule has 4 heteroatoms. The van der Waals surface area contributed by atoms with Crippen LogP contribution in [0.25, 0.3) is 0 Å². The first-order chi connectivity index (χ1) is 10.3. The largest absolute Gasteiger partial charge is 0.380 e. The van der Waals surface area contributed by atoms with Crippen LogP contribution in [0.4, 0.5) is 11.4 Å². The van der Waals surface area contributed by atoms with Crippen LogP contribution in [-0.4, -0.2) is 56.4 Å². The lowest BCUT2D eigenvalue weighted by atomic mass is 10.1. The van der Waals surface area contributed by atoms with Gasteiger partial charge in [0.1, 0.15) is 0 Å². The van der Waals surface area contributed by atoms with E-state index in [9.17, 15) is 0 Å². The van der Waals surface area contributed by atoms with Crippen molar-refractivity contribution in [2.24, 2.45) is 0 Å². The lowest BCUT2D eigenvalue weighted by Gasteiger charge is -2.35. The summed E-state index contributed by atoms with van der Waals surface area (Å²) in [5.74, 6) is 0. The number of piperazine rings is 1. The number of nitrogens with zero attached hydrogens (tertiary/aromatic N) is 2. The minimum Gasteiger partial charge on any atom is -0.380 e. The Bertz CT molecular complexity index is 457. The molecule has 2 saturated heterocycles. The Labute approximate surface area is 128 Å². The molecule has 0 amide bonds. The van der Waals surface area contributed by atoms with Crippen molar-refractivity contribution in [3.63, 3.8) is 0 Å². The van der Waals surface area contributed by atoms with Gasteiger partial charge in [-0.05, 0) is 38.1 Å². The molecular weight excluding hydrogens is 262 g/mol. The van der Waals surface area contributed by atoms with Gasteiger partial charge in [0.05, 0.1) is 12.1 Å². The van der Waals surface area contributed by atoms with Gasteiger partial charge in [0.2, 0.25) is 0 Å². The molecule has 0 saturated carbocycles. The third-order valence-corrected chi connectivity index (χ3v) is 4.76. The minimum absolute atomic E-state index is 0.307. The van der Waals surface area contributed by atoms with Crippen molar-refractivity contribution >= 4 is 11.4 Å². The van der Waals surface area contributed by atoms with E-state index in [1.54, 1.807) is 0 Å². The summed E-state index contributed by atoms with van der Waals surface area (Å²) in [7, 11) is 0. The molecule has 0 spiro atoms. The van der Waals surface area contributed by atoms with Crippen molar-refractivity contribution in [1.82, 2.24) is 4.90 Å². The molecule has 3 rings (SSSR count). The van der Waals surface area contributed by atoms with E-state index >= 15 is 0 Å². The second-order valence-electron chi connectivity index (χ2n) is 6.09. The zero-order valence-corrected chi connectivity index (χ0v) is 13.2. The van der Waals surface area contributed by atoms with Crippen LogP contribution in [0, 0.1) is 0 Å². The number of benzene rings is 1. The predicted molar refractivity (Wildman–Crippen MR) is 88.2 cm³/mol. The van der Waals surface area contributed by atoms with Crippen molar-refractivity contribution in [1.29, 1.82) is 0 Å². The fraction of sp³-hybridized carbons (Fsp3) is 0.647. The number of rotatable bonds is 4. The molecule has 0 unspecified atom stereocenters. The molecule has 1 aromatic carbocycles. The maximum atomic E-state index is 5.63. The summed E-state index contributed by atoms with van der Waals surface area (Å²) >= 11 is 0. The summed E-state index contributed by atoms with van der Waals surface area (Å²) in [6, 6.07) is 9.27. The van der Waals surface area contributed by atoms with Crippen LogP contribution in [0.15, 0.2) is 24.3 Å². The van der Waals surface area contributed by atoms with Gasteiger partial charge in [-0.15, -0.1) is 0 Å². The maximum Gasteiger partial charge on any atom is 0.0748 e. The molecule has 0 aliphatic carbocycles. The first kappa shape index (κ1) is 14.7. The number of likely N-dealkylation sites (N-methyl/N-ethyl adjacent to an activating group) is 1. The minimum atomic E-state index is 0.307. The van der Waals surface area contributed by atoms with Crippen LogP contribution in [0.2, 0.25) is 0 Å². The van der Waals surface area contributed by atoms with Crippen LogP contribution >= 0.6 is 0 Å². The van der Waals surface area contributed by atoms with Crippen molar-refractivity contribution in [2.45, 2.75) is 32.4 Å². The number of anilines is 2. The molecule has 2 aliphatic rings. The molecule has 1 N–H and O–H groups in total. The summed E-state index contributed by atoms with van der Waals surface area (Å²) in [6.45, 7) is 11.0. The highest BCUT2D eigenvalue weighted by Gasteiger charge is 2.24. The summed E-state index contributed by atoms with van der Waals surface area (Å²) in [5, 5.41) is 3.63. The van der Waals surface area contributed by atoms with Crippen LogP contribution in [-0.2, 0) is 4.74 Å². The van der Waals surface area contributed by atoms with Gasteiger partial charge in [-0.2, -0.15) is 0 Å². The highest BCUT2D eigenvalue weighted by atomic mass is 16.5. The Morgan fingerprint density at radius 3 is 2.71 bits per heavy atom. The Morgan fingerprint density at radius 2 is 2.05 bits per heavy atom. The van der Waals surface area contributed by atoms with Gasteiger partial charge in [-0.25, -0.2) is 0 Å². The normalized spacial score (nSPS) is 27.0. The molecule has 4 nitrogen and oxygen atoms in total. The molecule has 2 fully saturated rings. The number of nitrogens with one attached hydrogen (secondary N) is 1. The van der Waals surface area contributed by atoms with E-state index in [4.69, 9.17) is 4.74 Å². The smallest absolute Gasteiger partial charge is 0.0748 e. The zero-order valence-electron chi connectivity index (χ0n) is 13.2. The summed E-state index contributed by atoms with van der Waals surface area (Å²) in [5.41, 5.74) is 2.55. The second-order valence-corrected chi connectivity index (χ2v) is 6.09. The van der Waals surface area contributed by atoms with Gasteiger partial charge in [0, 0.05) is 44.2 Å². The van der Waals surface area contributed by atoms with Gasteiger partial charge >= 0.3 is 0 Å². The van der Waals surface area contributed by atoms with Crippen LogP contribution in [0.3, 0.4) is 0 Å². The third kappa shape index (κ3) is 3.50. The number of hydrogen-bond acceptors (Lipinski definition) is 4. The van der Waals surface area contributed by atoms with Crippen LogP contribution in [0.5, 0.6) is 0 Å². The Morgan fingerprint density at radius 1 is 1.24 bits per heavy atom. The predicted octanol–water partition coefficient (Wildman–Crippen LogP) is 2.42. The summed E-state index contributed by atoms with van der Waals surface area (Å²) in [6.07, 6.45) is 1.40. The van der Waals surface area contributed by atoms with Gasteiger partial charge in [0.25, 0.3) is 0 Å². The first-order valence-corrected chi connectivity index (χ1v) is 8.22. The fourth-order valence-electron chi connectivity index (χ4n) is 3.25. The Hall–Kier alpha value is -1.26. The SMILES string of the molecule is CCN1CCN(c2cccc(N[C@H]3CCO[C@@H]3C)c2)CC1. The molecular formula is C17H27N3O. The Kier molecular flexibility index (Phi) is 4.66. The monoisotopic (exact) mass is 289 g/mol. The van der Waals surface area contributed by atoms with Crippen molar-refractivity contribution in [3.8, 4) is 0 Å². The molecule has 0 radical (unpaired) electrons. The van der Waals surface area contributed by atoms with Crippen molar-refractivity contribution in [2.75, 3.05) is 49.5 Å². The average molecular weight is 289 g/mol. The fourth-order valence-corrected chi connectivity index (χ4v) is 3.25. The van der Waals surface area contributed by atoms with E-state index in [0.717, 1.165) is 32.7 Å². The summed E-state index contributed by atoms with van der Waals surface area (Å²) in [4.78, 5) is 5.00. The number of hydrogen-bond donors (Lipinski definition) is 1. The zero-order chi connectivity index (χ0) is 14.7. The average Bonchev–Trinajstić information content (AvgIpc) is 2.93. The third-order valence-electron chi connectivity index (χ3n) is 4.76. The lowest BCUT2D eigenvalue weighted by Crippen LogP contribution is -2.46. The Balaban J connectivity index is 1.63. The van der Waals surface area contributed by atoms with E-state index in [2.05, 4.69) is 53.2 Å². The first-order valence-electron chi connectivity index (χ1n) is 8.22. The van der Waals surface area contributed by atoms with E-state index in [-0.39, 0.29) is 0 Å². The summed E-state index contributed by atoms with van der Waals surface area (Å²) < 4.78 is 5.63. The maximum absolute atomic E-state index is 5.63. The highest BCUT2D eigenvalue weighted by Crippen LogP contribution is 2.24. The molecule has 2 atom stereocenters. The topological polar surface area (TPSA) is 27.7 Å². The van der Waals surface area contributed by atoms with E-state index in [1.807, 2.05) is 0 Å². The van der Waals surface area contributed by atoms with E-state index < -0.39 is 0 Å².